The van der Waals surface area contributed by atoms with Crippen molar-refractivity contribution in [2.75, 3.05) is 0 Å². The first-order chi connectivity index (χ1) is 23.3. The van der Waals surface area contributed by atoms with Gasteiger partial charge in [0.1, 0.15) is 5.82 Å². The van der Waals surface area contributed by atoms with Crippen molar-refractivity contribution in [2.45, 2.75) is 6.92 Å². The lowest BCUT2D eigenvalue weighted by Gasteiger charge is -2.15. The number of para-hydroxylation sites is 3. The van der Waals surface area contributed by atoms with Gasteiger partial charge >= 0.3 is 0 Å². The highest BCUT2D eigenvalue weighted by Crippen LogP contribution is 2.43. The molecule has 2 heterocycles. The maximum Gasteiger partial charge on any atom is 0.145 e. The van der Waals surface area contributed by atoms with Crippen molar-refractivity contribution in [2.24, 2.45) is 0 Å². The second-order valence-electron chi connectivity index (χ2n) is 12.4. The molecule has 0 fully saturated rings. The summed E-state index contributed by atoms with van der Waals surface area (Å²) in [7, 11) is 0. The topological polar surface area (TPSA) is 22.8 Å². The predicted molar refractivity (Wildman–Crippen MR) is 198 cm³/mol. The van der Waals surface area contributed by atoms with Gasteiger partial charge in [-0.1, -0.05) is 103 Å². The van der Waals surface area contributed by atoms with Crippen LogP contribution in [0.5, 0.6) is 0 Å². The Labute approximate surface area is 271 Å². The van der Waals surface area contributed by atoms with Gasteiger partial charge in [-0.05, 0) is 94.0 Å². The molecule has 3 heteroatoms. The average molecular weight is 600 g/mol. The van der Waals surface area contributed by atoms with Crippen molar-refractivity contribution in [3.63, 3.8) is 0 Å². The standard InChI is InChI=1S/C44H29N3/c1-28-12-11-21-40-41(28)37-27-26-36-34-17-6-5-15-32(34)33-16-7-8-18-35(33)42(36)43(37)46(40)31-24-22-29(23-25-31)44-45-38-19-9-10-20-39(38)47(44)30-13-3-2-4-14-30/h2-27H,1H3. The van der Waals surface area contributed by atoms with E-state index in [1.165, 1.54) is 59.7 Å². The van der Waals surface area contributed by atoms with E-state index in [2.05, 4.69) is 174 Å². The molecule has 0 radical (unpaired) electrons. The van der Waals surface area contributed by atoms with E-state index >= 15 is 0 Å². The summed E-state index contributed by atoms with van der Waals surface area (Å²) in [6, 6.07) is 56.9. The van der Waals surface area contributed by atoms with E-state index in [1.54, 1.807) is 0 Å². The third kappa shape index (κ3) is 3.71. The Kier molecular flexibility index (Phi) is 5.49. The Morgan fingerprint density at radius 1 is 0.404 bits per heavy atom. The van der Waals surface area contributed by atoms with Gasteiger partial charge in [0.15, 0.2) is 0 Å². The zero-order valence-corrected chi connectivity index (χ0v) is 25.9. The highest BCUT2D eigenvalue weighted by molar-refractivity contribution is 6.33. The Morgan fingerprint density at radius 2 is 0.979 bits per heavy atom. The normalized spacial score (nSPS) is 11.9. The van der Waals surface area contributed by atoms with Crippen molar-refractivity contribution in [1.29, 1.82) is 0 Å². The Balaban J connectivity index is 1.28. The van der Waals surface area contributed by atoms with E-state index < -0.39 is 0 Å². The lowest BCUT2D eigenvalue weighted by atomic mass is 9.92. The first-order valence-corrected chi connectivity index (χ1v) is 16.2. The van der Waals surface area contributed by atoms with E-state index in [-0.39, 0.29) is 0 Å². The Morgan fingerprint density at radius 3 is 1.74 bits per heavy atom. The minimum atomic E-state index is 0.935. The van der Waals surface area contributed by atoms with Crippen LogP contribution >= 0.6 is 0 Å². The summed E-state index contributed by atoms with van der Waals surface area (Å²) < 4.78 is 4.74. The van der Waals surface area contributed by atoms with Crippen LogP contribution in [0.2, 0.25) is 0 Å². The van der Waals surface area contributed by atoms with Crippen LogP contribution in [-0.2, 0) is 0 Å². The van der Waals surface area contributed by atoms with Crippen molar-refractivity contribution < 1.29 is 0 Å². The highest BCUT2D eigenvalue weighted by Gasteiger charge is 2.20. The largest absolute Gasteiger partial charge is 0.309 e. The molecule has 10 aromatic rings. The molecule has 0 aliphatic rings. The molecule has 10 rings (SSSR count). The molecule has 0 N–H and O–H groups in total. The number of hydrogen-bond donors (Lipinski definition) is 0. The van der Waals surface area contributed by atoms with Gasteiger partial charge < -0.3 is 4.57 Å². The van der Waals surface area contributed by atoms with Crippen molar-refractivity contribution in [3.8, 4) is 22.8 Å². The lowest BCUT2D eigenvalue weighted by molar-refractivity contribution is 1.10. The van der Waals surface area contributed by atoms with E-state index in [9.17, 15) is 0 Å². The summed E-state index contributed by atoms with van der Waals surface area (Å²) in [6.07, 6.45) is 0. The Hall–Kier alpha value is -6.19. The van der Waals surface area contributed by atoms with Crippen LogP contribution in [0.4, 0.5) is 0 Å². The molecular formula is C44H29N3. The van der Waals surface area contributed by atoms with Crippen LogP contribution in [-0.4, -0.2) is 14.1 Å². The maximum absolute atomic E-state index is 5.12. The number of fused-ring (bicyclic) bond motifs is 11. The van der Waals surface area contributed by atoms with Gasteiger partial charge in [0.05, 0.1) is 22.1 Å². The van der Waals surface area contributed by atoms with Gasteiger partial charge in [-0.25, -0.2) is 4.98 Å². The summed E-state index contributed by atoms with van der Waals surface area (Å²) >= 11 is 0. The molecule has 47 heavy (non-hydrogen) atoms. The molecule has 0 amide bonds. The molecule has 220 valence electrons. The van der Waals surface area contributed by atoms with Gasteiger partial charge in [0.25, 0.3) is 0 Å². The third-order valence-electron chi connectivity index (χ3n) is 9.83. The van der Waals surface area contributed by atoms with Gasteiger partial charge in [-0.15, -0.1) is 0 Å². The van der Waals surface area contributed by atoms with Gasteiger partial charge in [0, 0.05) is 33.1 Å². The summed E-state index contributed by atoms with van der Waals surface area (Å²) in [4.78, 5) is 5.12. The van der Waals surface area contributed by atoms with Crippen LogP contribution < -0.4 is 0 Å². The summed E-state index contributed by atoms with van der Waals surface area (Å²) in [5, 5.41) is 10.3. The number of aromatic nitrogens is 3. The van der Waals surface area contributed by atoms with E-state index in [1.807, 2.05) is 0 Å². The molecule has 3 nitrogen and oxygen atoms in total. The molecule has 0 unspecified atom stereocenters. The Bertz CT molecular complexity index is 2800. The van der Waals surface area contributed by atoms with Crippen molar-refractivity contribution in [3.05, 3.63) is 163 Å². The monoisotopic (exact) mass is 599 g/mol. The zero-order valence-electron chi connectivity index (χ0n) is 25.9. The number of aryl methyl sites for hydroxylation is 1. The highest BCUT2D eigenvalue weighted by atomic mass is 15.1. The first-order valence-electron chi connectivity index (χ1n) is 16.2. The third-order valence-corrected chi connectivity index (χ3v) is 9.83. The minimum absolute atomic E-state index is 0.935. The molecule has 0 saturated carbocycles. The number of rotatable bonds is 3. The van der Waals surface area contributed by atoms with Gasteiger partial charge in [-0.3, -0.25) is 4.57 Å². The summed E-state index contributed by atoms with van der Waals surface area (Å²) in [6.45, 7) is 2.23. The van der Waals surface area contributed by atoms with Crippen molar-refractivity contribution >= 4 is 65.2 Å². The summed E-state index contributed by atoms with van der Waals surface area (Å²) in [5.74, 6) is 0.935. The molecule has 0 aliphatic heterocycles. The summed E-state index contributed by atoms with van der Waals surface area (Å²) in [5.41, 5.74) is 9.14. The average Bonchev–Trinajstić information content (AvgIpc) is 3.69. The van der Waals surface area contributed by atoms with Crippen LogP contribution in [0, 0.1) is 6.92 Å². The van der Waals surface area contributed by atoms with E-state index in [0.717, 1.165) is 33.8 Å². The van der Waals surface area contributed by atoms with Crippen LogP contribution in [0.25, 0.3) is 87.9 Å². The van der Waals surface area contributed by atoms with E-state index in [0.29, 0.717) is 0 Å². The quantitative estimate of drug-likeness (QED) is 0.185. The van der Waals surface area contributed by atoms with E-state index in [4.69, 9.17) is 4.98 Å². The van der Waals surface area contributed by atoms with Crippen LogP contribution in [0.1, 0.15) is 5.56 Å². The van der Waals surface area contributed by atoms with Crippen LogP contribution in [0.3, 0.4) is 0 Å². The molecule has 0 spiro atoms. The number of benzene rings is 8. The molecule has 8 aromatic carbocycles. The fourth-order valence-corrected chi connectivity index (χ4v) is 7.81. The second kappa shape index (κ2) is 9.90. The van der Waals surface area contributed by atoms with Gasteiger partial charge in [0.2, 0.25) is 0 Å². The lowest BCUT2D eigenvalue weighted by Crippen LogP contribution is -1.98. The zero-order chi connectivity index (χ0) is 31.1. The van der Waals surface area contributed by atoms with Crippen LogP contribution in [0.15, 0.2) is 158 Å². The first kappa shape index (κ1) is 26.1. The smallest absolute Gasteiger partial charge is 0.145 e. The number of imidazole rings is 1. The molecule has 0 atom stereocenters. The molecule has 2 aromatic heterocycles. The molecule has 0 saturated heterocycles. The van der Waals surface area contributed by atoms with Crippen molar-refractivity contribution in [1.82, 2.24) is 14.1 Å². The predicted octanol–water partition coefficient (Wildman–Crippen LogP) is 11.6. The fourth-order valence-electron chi connectivity index (χ4n) is 7.81. The maximum atomic E-state index is 5.12. The SMILES string of the molecule is Cc1cccc2c1c1ccc3c4ccccc4c4ccccc4c3c1n2-c1ccc(-c2nc3ccccc3n2-c2ccccc2)cc1. The molecule has 0 bridgehead atoms. The number of hydrogen-bond acceptors (Lipinski definition) is 1. The molecule has 0 aliphatic carbocycles. The number of nitrogens with zero attached hydrogens (tertiary/aromatic N) is 3. The molecular weight excluding hydrogens is 571 g/mol. The fraction of sp³-hybridized carbons (Fsp3) is 0.0227. The minimum Gasteiger partial charge on any atom is -0.309 e. The van der Waals surface area contributed by atoms with Gasteiger partial charge in [-0.2, -0.15) is 0 Å². The second-order valence-corrected chi connectivity index (χ2v) is 12.4.